The first-order valence-electron chi connectivity index (χ1n) is 12.8. The summed E-state index contributed by atoms with van der Waals surface area (Å²) in [6.45, 7) is 0.308. The summed E-state index contributed by atoms with van der Waals surface area (Å²) in [5, 5.41) is 10.2. The molecule has 0 fully saturated rings. The fraction of sp³-hybridized carbons (Fsp3) is 0.188. The maximum atomic E-state index is 14.0. The molecule has 1 N–H and O–H groups in total. The molecular formula is C32H28FNO6. The van der Waals surface area contributed by atoms with Crippen molar-refractivity contribution in [3.63, 3.8) is 0 Å². The zero-order valence-corrected chi connectivity index (χ0v) is 21.8. The van der Waals surface area contributed by atoms with Gasteiger partial charge in [0.1, 0.15) is 24.2 Å². The Kier molecular flexibility index (Phi) is 7.96. The van der Waals surface area contributed by atoms with Crippen LogP contribution in [0.15, 0.2) is 97.1 Å². The van der Waals surface area contributed by atoms with Gasteiger partial charge in [-0.3, -0.25) is 4.79 Å². The maximum Gasteiger partial charge on any atom is 0.326 e. The molecule has 0 unspecified atom stereocenters. The summed E-state index contributed by atoms with van der Waals surface area (Å²) in [7, 11) is 1.53. The maximum absolute atomic E-state index is 14.0. The molecule has 0 spiro atoms. The molecule has 0 saturated carbocycles. The van der Waals surface area contributed by atoms with Crippen molar-refractivity contribution in [2.24, 2.45) is 0 Å². The molecule has 1 amide bonds. The molecule has 40 heavy (non-hydrogen) atoms. The number of hydrogen-bond donors (Lipinski definition) is 1. The number of carboxylic acid groups (broad SMARTS) is 1. The third kappa shape index (κ3) is 5.76. The number of carbonyl (C=O) groups is 2. The second-order valence-electron chi connectivity index (χ2n) is 9.40. The van der Waals surface area contributed by atoms with E-state index < -0.39 is 29.8 Å². The number of carbonyl (C=O) groups excluding carboxylic acids is 1. The molecule has 0 aliphatic carbocycles. The summed E-state index contributed by atoms with van der Waals surface area (Å²) < 4.78 is 31.2. The van der Waals surface area contributed by atoms with Gasteiger partial charge in [-0.15, -0.1) is 0 Å². The largest absolute Gasteiger partial charge is 0.493 e. The van der Waals surface area contributed by atoms with Gasteiger partial charge in [0.05, 0.1) is 7.11 Å². The summed E-state index contributed by atoms with van der Waals surface area (Å²) in [6, 6.07) is 26.2. The highest BCUT2D eigenvalue weighted by molar-refractivity contribution is 5.88. The van der Waals surface area contributed by atoms with Crippen LogP contribution in [-0.4, -0.2) is 35.0 Å². The van der Waals surface area contributed by atoms with E-state index in [1.165, 1.54) is 36.3 Å². The van der Waals surface area contributed by atoms with Gasteiger partial charge in [0.25, 0.3) is 5.91 Å². The number of carboxylic acids is 1. The van der Waals surface area contributed by atoms with Gasteiger partial charge in [-0.2, -0.15) is 0 Å². The van der Waals surface area contributed by atoms with Gasteiger partial charge in [-0.1, -0.05) is 66.7 Å². The number of hydrogen-bond acceptors (Lipinski definition) is 5. The van der Waals surface area contributed by atoms with Crippen molar-refractivity contribution in [2.75, 3.05) is 7.11 Å². The molecule has 1 aliphatic heterocycles. The highest BCUT2D eigenvalue weighted by atomic mass is 19.1. The van der Waals surface area contributed by atoms with Crippen molar-refractivity contribution >= 4 is 11.9 Å². The summed E-state index contributed by atoms with van der Waals surface area (Å²) in [4.78, 5) is 27.9. The van der Waals surface area contributed by atoms with E-state index in [9.17, 15) is 19.1 Å². The lowest BCUT2D eigenvalue weighted by atomic mass is 9.91. The number of amides is 1. The quantitative estimate of drug-likeness (QED) is 0.298. The molecule has 1 aliphatic rings. The number of nitrogens with zero attached hydrogens (tertiary/aromatic N) is 1. The van der Waals surface area contributed by atoms with E-state index in [0.29, 0.717) is 22.6 Å². The Morgan fingerprint density at radius 3 is 2.27 bits per heavy atom. The van der Waals surface area contributed by atoms with Crippen LogP contribution in [0.2, 0.25) is 0 Å². The minimum absolute atomic E-state index is 0.0236. The topological polar surface area (TPSA) is 85.3 Å². The van der Waals surface area contributed by atoms with Crippen molar-refractivity contribution in [2.45, 2.75) is 31.7 Å². The highest BCUT2D eigenvalue weighted by Gasteiger charge is 2.40. The second kappa shape index (κ2) is 11.9. The Balaban J connectivity index is 1.48. The molecule has 2 atom stereocenters. The van der Waals surface area contributed by atoms with Gasteiger partial charge in [0.15, 0.2) is 11.5 Å². The molecule has 0 bridgehead atoms. The molecule has 4 aromatic carbocycles. The van der Waals surface area contributed by atoms with Gasteiger partial charge in [0.2, 0.25) is 6.10 Å². The predicted molar refractivity (Wildman–Crippen MR) is 146 cm³/mol. The summed E-state index contributed by atoms with van der Waals surface area (Å²) in [5.74, 6) is -0.867. The number of benzene rings is 4. The van der Waals surface area contributed by atoms with Crippen LogP contribution >= 0.6 is 0 Å². The van der Waals surface area contributed by atoms with Gasteiger partial charge >= 0.3 is 5.97 Å². The minimum atomic E-state index is -1.17. The number of halogens is 1. The van der Waals surface area contributed by atoms with E-state index in [0.717, 1.165) is 11.1 Å². The second-order valence-corrected chi connectivity index (χ2v) is 9.40. The third-order valence-corrected chi connectivity index (χ3v) is 6.84. The van der Waals surface area contributed by atoms with Crippen LogP contribution in [0.3, 0.4) is 0 Å². The van der Waals surface area contributed by atoms with Crippen LogP contribution in [0.25, 0.3) is 0 Å². The summed E-state index contributed by atoms with van der Waals surface area (Å²) >= 11 is 0. The van der Waals surface area contributed by atoms with Crippen LogP contribution in [0.4, 0.5) is 4.39 Å². The number of ether oxygens (including phenoxy) is 3. The summed E-state index contributed by atoms with van der Waals surface area (Å²) in [6.07, 6.45) is -1.11. The number of aliphatic carboxylic acids is 1. The van der Waals surface area contributed by atoms with Crippen LogP contribution in [0.1, 0.15) is 28.4 Å². The Morgan fingerprint density at radius 1 is 0.950 bits per heavy atom. The van der Waals surface area contributed by atoms with E-state index in [1.54, 1.807) is 30.3 Å². The number of methoxy groups -OCH3 is 1. The van der Waals surface area contributed by atoms with E-state index in [4.69, 9.17) is 14.2 Å². The SMILES string of the molecule is COc1ccc2c(c1OCc1ccccc1)C[C@@H](C(=O)O)N(C(=O)[C@@H](Oc1ccc(F)cc1)c1ccccc1)C2. The molecule has 5 rings (SSSR count). The molecule has 7 nitrogen and oxygen atoms in total. The van der Waals surface area contributed by atoms with E-state index >= 15 is 0 Å². The summed E-state index contributed by atoms with van der Waals surface area (Å²) in [5.41, 5.74) is 2.94. The Labute approximate surface area is 231 Å². The van der Waals surface area contributed by atoms with Crippen molar-refractivity contribution in [3.05, 3.63) is 125 Å². The van der Waals surface area contributed by atoms with Crippen molar-refractivity contribution in [1.82, 2.24) is 4.90 Å². The van der Waals surface area contributed by atoms with Crippen molar-refractivity contribution in [3.8, 4) is 17.2 Å². The smallest absolute Gasteiger partial charge is 0.326 e. The Bertz CT molecular complexity index is 1480. The fourth-order valence-electron chi connectivity index (χ4n) is 4.81. The average Bonchev–Trinajstić information content (AvgIpc) is 2.99. The number of rotatable bonds is 9. The molecule has 0 aromatic heterocycles. The molecule has 8 heteroatoms. The zero-order valence-electron chi connectivity index (χ0n) is 21.8. The molecule has 204 valence electrons. The zero-order chi connectivity index (χ0) is 28.1. The monoisotopic (exact) mass is 541 g/mol. The van der Waals surface area contributed by atoms with Crippen LogP contribution < -0.4 is 14.2 Å². The fourth-order valence-corrected chi connectivity index (χ4v) is 4.81. The van der Waals surface area contributed by atoms with Crippen LogP contribution in [0, 0.1) is 5.82 Å². The molecule has 0 saturated heterocycles. The highest BCUT2D eigenvalue weighted by Crippen LogP contribution is 2.40. The van der Waals surface area contributed by atoms with Gasteiger partial charge in [-0.25, -0.2) is 9.18 Å². The lowest BCUT2D eigenvalue weighted by molar-refractivity contribution is -0.155. The van der Waals surface area contributed by atoms with E-state index in [1.807, 2.05) is 42.5 Å². The predicted octanol–water partition coefficient (Wildman–Crippen LogP) is 5.57. The first kappa shape index (κ1) is 26.7. The standard InChI is InChI=1S/C32H28FNO6/c1-38-28-17-12-23-19-34(27(32(36)37)18-26(23)30(28)39-20-21-8-4-2-5-9-21)31(35)29(22-10-6-3-7-11-22)40-25-15-13-24(33)14-16-25/h2-17,27,29H,18-20H2,1H3,(H,36,37)/t27-,29-/m0/s1. The van der Waals surface area contributed by atoms with Gasteiger partial charge in [0, 0.05) is 24.1 Å². The number of fused-ring (bicyclic) bond motifs is 1. The first-order chi connectivity index (χ1) is 19.4. The van der Waals surface area contributed by atoms with E-state index in [2.05, 4.69) is 0 Å². The van der Waals surface area contributed by atoms with Crippen molar-refractivity contribution in [1.29, 1.82) is 0 Å². The molecular weight excluding hydrogens is 513 g/mol. The first-order valence-corrected chi connectivity index (χ1v) is 12.8. The van der Waals surface area contributed by atoms with Gasteiger partial charge < -0.3 is 24.2 Å². The van der Waals surface area contributed by atoms with Crippen molar-refractivity contribution < 1.29 is 33.3 Å². The van der Waals surface area contributed by atoms with E-state index in [-0.39, 0.29) is 25.3 Å². The minimum Gasteiger partial charge on any atom is -0.493 e. The molecule has 1 heterocycles. The third-order valence-electron chi connectivity index (χ3n) is 6.84. The lowest BCUT2D eigenvalue weighted by Crippen LogP contribution is -2.51. The Morgan fingerprint density at radius 2 is 1.62 bits per heavy atom. The van der Waals surface area contributed by atoms with Crippen LogP contribution in [-0.2, 0) is 29.2 Å². The molecule has 4 aromatic rings. The van der Waals surface area contributed by atoms with Crippen LogP contribution in [0.5, 0.6) is 17.2 Å². The lowest BCUT2D eigenvalue weighted by Gasteiger charge is -2.37. The normalized spacial score (nSPS) is 15.1. The van der Waals surface area contributed by atoms with Gasteiger partial charge in [-0.05, 0) is 41.5 Å². The average molecular weight is 542 g/mol. The molecule has 0 radical (unpaired) electrons. The Hall–Kier alpha value is -4.85.